The van der Waals surface area contributed by atoms with Crippen molar-refractivity contribution in [1.29, 1.82) is 0 Å². The molecule has 0 atom stereocenters. The average Bonchev–Trinajstić information content (AvgIpc) is 3.19. The van der Waals surface area contributed by atoms with Gasteiger partial charge >= 0.3 is 0 Å². The summed E-state index contributed by atoms with van der Waals surface area (Å²) < 4.78 is 34.1. The summed E-state index contributed by atoms with van der Waals surface area (Å²) in [5.41, 5.74) is 4.26. The van der Waals surface area contributed by atoms with Crippen molar-refractivity contribution < 1.29 is 17.9 Å². The first-order valence-electron chi connectivity index (χ1n) is 13.0. The SMILES string of the molecule is COc1cccc(CCc2nc(N3CCc4ccccc4CC3)ncc2C(=O)NS(=O)(=O)c2ccc(Br)cc2)c1. The van der Waals surface area contributed by atoms with Crippen LogP contribution >= 0.6 is 15.9 Å². The molecule has 0 saturated carbocycles. The minimum Gasteiger partial charge on any atom is -0.497 e. The minimum atomic E-state index is -4.09. The lowest BCUT2D eigenvalue weighted by Crippen LogP contribution is -2.33. The summed E-state index contributed by atoms with van der Waals surface area (Å²) in [6, 6.07) is 22.2. The summed E-state index contributed by atoms with van der Waals surface area (Å²) in [7, 11) is -2.47. The van der Waals surface area contributed by atoms with Gasteiger partial charge in [-0.1, -0.05) is 52.3 Å². The van der Waals surface area contributed by atoms with Crippen molar-refractivity contribution in [2.75, 3.05) is 25.1 Å². The molecular formula is C30H29BrN4O4S. The Hall–Kier alpha value is -3.76. The normalized spacial score (nSPS) is 13.3. The highest BCUT2D eigenvalue weighted by Crippen LogP contribution is 2.22. The molecule has 2 heterocycles. The molecule has 0 fully saturated rings. The summed E-state index contributed by atoms with van der Waals surface area (Å²) in [5.74, 6) is 0.503. The number of fused-ring (bicyclic) bond motifs is 1. The zero-order valence-electron chi connectivity index (χ0n) is 22.0. The molecule has 5 rings (SSSR count). The fourth-order valence-electron chi connectivity index (χ4n) is 4.75. The quantitative estimate of drug-likeness (QED) is 0.303. The minimum absolute atomic E-state index is 0.0105. The van der Waals surface area contributed by atoms with Gasteiger partial charge in [0.1, 0.15) is 5.75 Å². The number of methoxy groups -OCH3 is 1. The van der Waals surface area contributed by atoms with E-state index in [9.17, 15) is 13.2 Å². The standard InChI is InChI=1S/C30H29BrN4O4S/c1-39-25-8-4-5-21(19-25)9-14-28-27(29(36)34-40(37,38)26-12-10-24(31)11-13-26)20-32-30(33-28)35-17-15-22-6-2-3-7-23(22)16-18-35/h2-8,10-13,19-20H,9,14-18H2,1H3,(H,34,36). The van der Waals surface area contributed by atoms with Gasteiger partial charge in [0.05, 0.1) is 23.3 Å². The Kier molecular flexibility index (Phi) is 8.46. The number of nitrogens with zero attached hydrogens (tertiary/aromatic N) is 3. The number of amides is 1. The number of aromatic nitrogens is 2. The Bertz CT molecular complexity index is 1600. The Morgan fingerprint density at radius 3 is 2.35 bits per heavy atom. The summed E-state index contributed by atoms with van der Waals surface area (Å²) in [6.07, 6.45) is 4.17. The van der Waals surface area contributed by atoms with Gasteiger partial charge in [-0.05, 0) is 78.8 Å². The van der Waals surface area contributed by atoms with Gasteiger partial charge in [0.2, 0.25) is 5.95 Å². The summed E-state index contributed by atoms with van der Waals surface area (Å²) in [5, 5.41) is 0. The zero-order valence-corrected chi connectivity index (χ0v) is 24.4. The number of aryl methyl sites for hydroxylation is 2. The van der Waals surface area contributed by atoms with Crippen LogP contribution in [0.15, 0.2) is 88.4 Å². The van der Waals surface area contributed by atoms with E-state index in [4.69, 9.17) is 9.72 Å². The molecule has 1 aliphatic rings. The molecule has 0 aliphatic carbocycles. The molecule has 1 N–H and O–H groups in total. The molecule has 1 aliphatic heterocycles. The number of sulfonamides is 1. The van der Waals surface area contributed by atoms with Gasteiger partial charge in [0.25, 0.3) is 15.9 Å². The first kappa shape index (κ1) is 27.8. The average molecular weight is 622 g/mol. The van der Waals surface area contributed by atoms with E-state index < -0.39 is 15.9 Å². The van der Waals surface area contributed by atoms with E-state index in [1.165, 1.54) is 29.5 Å². The van der Waals surface area contributed by atoms with E-state index in [0.29, 0.717) is 24.5 Å². The first-order valence-corrected chi connectivity index (χ1v) is 15.2. The molecule has 0 unspecified atom stereocenters. The summed E-state index contributed by atoms with van der Waals surface area (Å²) >= 11 is 3.30. The highest BCUT2D eigenvalue weighted by Gasteiger charge is 2.24. The predicted octanol–water partition coefficient (Wildman–Crippen LogP) is 4.76. The molecular weight excluding hydrogens is 592 g/mol. The first-order chi connectivity index (χ1) is 19.3. The Morgan fingerprint density at radius 1 is 0.975 bits per heavy atom. The topological polar surface area (TPSA) is 101 Å². The number of benzene rings is 3. The summed E-state index contributed by atoms with van der Waals surface area (Å²) in [6.45, 7) is 1.49. The van der Waals surface area contributed by atoms with Gasteiger partial charge in [-0.25, -0.2) is 23.1 Å². The molecule has 1 amide bonds. The second kappa shape index (κ2) is 12.2. The largest absolute Gasteiger partial charge is 0.497 e. The molecule has 0 bridgehead atoms. The Labute approximate surface area is 242 Å². The Morgan fingerprint density at radius 2 is 1.68 bits per heavy atom. The number of halogens is 1. The molecule has 0 spiro atoms. The molecule has 0 radical (unpaired) electrons. The fraction of sp³-hybridized carbons (Fsp3) is 0.233. The molecule has 8 nitrogen and oxygen atoms in total. The third-order valence-corrected chi connectivity index (χ3v) is 8.81. The van der Waals surface area contributed by atoms with Crippen LogP contribution in [-0.4, -0.2) is 44.5 Å². The zero-order chi connectivity index (χ0) is 28.1. The maximum Gasteiger partial charge on any atom is 0.268 e. The third kappa shape index (κ3) is 6.51. The summed E-state index contributed by atoms with van der Waals surface area (Å²) in [4.78, 5) is 24.8. The van der Waals surface area contributed by atoms with Gasteiger partial charge < -0.3 is 9.64 Å². The molecule has 3 aromatic carbocycles. The molecule has 1 aromatic heterocycles. The van der Waals surface area contributed by atoms with Crippen LogP contribution in [0.1, 0.15) is 32.7 Å². The van der Waals surface area contributed by atoms with E-state index in [1.807, 2.05) is 24.3 Å². The van der Waals surface area contributed by atoms with Crippen molar-refractivity contribution >= 4 is 37.8 Å². The van der Waals surface area contributed by atoms with Crippen LogP contribution in [0.25, 0.3) is 0 Å². The van der Waals surface area contributed by atoms with Crippen molar-refractivity contribution in [3.63, 3.8) is 0 Å². The van der Waals surface area contributed by atoms with Crippen molar-refractivity contribution in [1.82, 2.24) is 14.7 Å². The van der Waals surface area contributed by atoms with Gasteiger partial charge in [0.15, 0.2) is 0 Å². The van der Waals surface area contributed by atoms with Crippen LogP contribution in [0.3, 0.4) is 0 Å². The highest BCUT2D eigenvalue weighted by molar-refractivity contribution is 9.10. The van der Waals surface area contributed by atoms with Gasteiger partial charge in [-0.15, -0.1) is 0 Å². The Balaban J connectivity index is 1.42. The van der Waals surface area contributed by atoms with Gasteiger partial charge in [-0.3, -0.25) is 4.79 Å². The maximum atomic E-state index is 13.3. The number of rotatable bonds is 8. The predicted molar refractivity (Wildman–Crippen MR) is 157 cm³/mol. The smallest absolute Gasteiger partial charge is 0.268 e. The van der Waals surface area contributed by atoms with Crippen molar-refractivity contribution in [2.45, 2.75) is 30.6 Å². The second-order valence-corrected chi connectivity index (χ2v) is 12.1. The molecule has 4 aromatic rings. The van der Waals surface area contributed by atoms with Crippen LogP contribution in [0, 0.1) is 0 Å². The van der Waals surface area contributed by atoms with Crippen LogP contribution < -0.4 is 14.4 Å². The lowest BCUT2D eigenvalue weighted by Gasteiger charge is -2.21. The third-order valence-electron chi connectivity index (χ3n) is 6.94. The number of carbonyl (C=O) groups excluding carboxylic acids is 1. The maximum absolute atomic E-state index is 13.3. The fourth-order valence-corrected chi connectivity index (χ4v) is 5.98. The van der Waals surface area contributed by atoms with E-state index in [-0.39, 0.29) is 10.5 Å². The van der Waals surface area contributed by atoms with Crippen molar-refractivity contribution in [3.8, 4) is 5.75 Å². The van der Waals surface area contributed by atoms with E-state index in [0.717, 1.165) is 41.7 Å². The van der Waals surface area contributed by atoms with Gasteiger partial charge in [-0.2, -0.15) is 0 Å². The van der Waals surface area contributed by atoms with Crippen LogP contribution in [0.4, 0.5) is 5.95 Å². The van der Waals surface area contributed by atoms with E-state index in [2.05, 4.69) is 54.8 Å². The number of ether oxygens (including phenoxy) is 1. The number of anilines is 1. The highest BCUT2D eigenvalue weighted by atomic mass is 79.9. The molecule has 206 valence electrons. The monoisotopic (exact) mass is 620 g/mol. The lowest BCUT2D eigenvalue weighted by atomic mass is 10.0. The van der Waals surface area contributed by atoms with Crippen LogP contribution in [0.5, 0.6) is 5.75 Å². The number of nitrogens with one attached hydrogen (secondary N) is 1. The molecule has 40 heavy (non-hydrogen) atoms. The van der Waals surface area contributed by atoms with E-state index in [1.54, 1.807) is 19.2 Å². The number of hydrogen-bond donors (Lipinski definition) is 1. The second-order valence-electron chi connectivity index (χ2n) is 9.53. The van der Waals surface area contributed by atoms with Crippen molar-refractivity contribution in [2.24, 2.45) is 0 Å². The van der Waals surface area contributed by atoms with Crippen LogP contribution in [0.2, 0.25) is 0 Å². The molecule has 0 saturated heterocycles. The number of hydrogen-bond acceptors (Lipinski definition) is 7. The van der Waals surface area contributed by atoms with E-state index >= 15 is 0 Å². The lowest BCUT2D eigenvalue weighted by molar-refractivity contribution is 0.0979. The van der Waals surface area contributed by atoms with Crippen LogP contribution in [-0.2, 0) is 35.7 Å². The number of carbonyl (C=O) groups is 1. The molecule has 10 heteroatoms. The van der Waals surface area contributed by atoms with Crippen molar-refractivity contribution in [3.05, 3.63) is 111 Å². The van der Waals surface area contributed by atoms with Gasteiger partial charge in [0, 0.05) is 23.8 Å².